The summed E-state index contributed by atoms with van der Waals surface area (Å²) < 4.78 is 29.8. The molecule has 1 aromatic carbocycles. The minimum Gasteiger partial charge on any atom is -0.361 e. The van der Waals surface area contributed by atoms with Gasteiger partial charge in [0.25, 0.3) is 0 Å². The van der Waals surface area contributed by atoms with Crippen molar-refractivity contribution in [3.63, 3.8) is 0 Å². The van der Waals surface area contributed by atoms with E-state index in [-0.39, 0.29) is 11.4 Å². The van der Waals surface area contributed by atoms with E-state index in [1.54, 1.807) is 0 Å². The lowest BCUT2D eigenvalue weighted by Crippen LogP contribution is -2.28. The van der Waals surface area contributed by atoms with Gasteiger partial charge in [0.15, 0.2) is 9.84 Å². The molecule has 2 rings (SSSR count). The summed E-state index contributed by atoms with van der Waals surface area (Å²) in [6, 6.07) is 7.64. The van der Waals surface area contributed by atoms with Gasteiger partial charge in [-0.2, -0.15) is 0 Å². The Morgan fingerprint density at radius 2 is 1.88 bits per heavy atom. The predicted octanol–water partition coefficient (Wildman–Crippen LogP) is 2.68. The highest BCUT2D eigenvalue weighted by Crippen LogP contribution is 2.42. The van der Waals surface area contributed by atoms with Crippen LogP contribution in [-0.2, 0) is 21.2 Å². The van der Waals surface area contributed by atoms with Gasteiger partial charge in [0.2, 0.25) is 0 Å². The first-order valence-corrected chi connectivity index (χ1v) is 7.41. The fraction of sp³-hybridized carbons (Fsp3) is 0.538. The molecule has 0 saturated carbocycles. The summed E-state index contributed by atoms with van der Waals surface area (Å²) in [4.78, 5) is 0. The van der Waals surface area contributed by atoms with Crippen LogP contribution < -0.4 is 0 Å². The molecule has 0 aromatic heterocycles. The maximum Gasteiger partial charge on any atom is 0.181 e. The Morgan fingerprint density at radius 3 is 2.53 bits per heavy atom. The number of sulfone groups is 1. The average Bonchev–Trinajstić information content (AvgIpc) is 2.30. The SMILES string of the molecule is CC(C)(C)C1c2ccccc2COCS1(=O)=O. The summed E-state index contributed by atoms with van der Waals surface area (Å²) in [5.74, 6) is -0.191. The first kappa shape index (κ1) is 12.6. The number of ether oxygens (including phenoxy) is 1. The second-order valence-corrected chi connectivity index (χ2v) is 7.61. The van der Waals surface area contributed by atoms with Gasteiger partial charge in [0, 0.05) is 0 Å². The van der Waals surface area contributed by atoms with Gasteiger partial charge in [-0.15, -0.1) is 0 Å². The maximum absolute atomic E-state index is 12.3. The Bertz CT molecular complexity index is 512. The zero-order chi connectivity index (χ0) is 12.7. The third-order valence-corrected chi connectivity index (χ3v) is 5.16. The van der Waals surface area contributed by atoms with Crippen LogP contribution in [0.2, 0.25) is 0 Å². The molecule has 0 amide bonds. The molecule has 4 heteroatoms. The third kappa shape index (κ3) is 2.38. The topological polar surface area (TPSA) is 43.4 Å². The third-order valence-electron chi connectivity index (χ3n) is 2.99. The molecule has 0 spiro atoms. The largest absolute Gasteiger partial charge is 0.361 e. The van der Waals surface area contributed by atoms with Gasteiger partial charge in [-0.1, -0.05) is 45.0 Å². The number of hydrogen-bond acceptors (Lipinski definition) is 3. The molecule has 0 aliphatic carbocycles. The van der Waals surface area contributed by atoms with E-state index in [4.69, 9.17) is 4.74 Å². The summed E-state index contributed by atoms with van der Waals surface area (Å²) in [5, 5.41) is -0.492. The molecule has 1 unspecified atom stereocenters. The van der Waals surface area contributed by atoms with Gasteiger partial charge < -0.3 is 4.74 Å². The molecule has 1 aliphatic heterocycles. The lowest BCUT2D eigenvalue weighted by atomic mass is 9.85. The Kier molecular flexibility index (Phi) is 3.04. The van der Waals surface area contributed by atoms with Gasteiger partial charge in [-0.3, -0.25) is 0 Å². The minimum absolute atomic E-state index is 0.191. The van der Waals surface area contributed by atoms with Crippen LogP contribution in [0.15, 0.2) is 24.3 Å². The second-order valence-electron chi connectivity index (χ2n) is 5.57. The van der Waals surface area contributed by atoms with Crippen LogP contribution in [0.4, 0.5) is 0 Å². The number of fused-ring (bicyclic) bond motifs is 1. The summed E-state index contributed by atoms with van der Waals surface area (Å²) in [6.07, 6.45) is 0. The predicted molar refractivity (Wildman–Crippen MR) is 67.2 cm³/mol. The van der Waals surface area contributed by atoms with Crippen LogP contribution in [0.1, 0.15) is 37.1 Å². The molecular formula is C13H18O3S. The Balaban J connectivity index is 2.65. The highest BCUT2D eigenvalue weighted by molar-refractivity contribution is 7.91. The Morgan fingerprint density at radius 1 is 1.24 bits per heavy atom. The van der Waals surface area contributed by atoms with E-state index in [0.29, 0.717) is 6.61 Å². The van der Waals surface area contributed by atoms with Crippen LogP contribution in [0.3, 0.4) is 0 Å². The molecule has 0 radical (unpaired) electrons. The van der Waals surface area contributed by atoms with Crippen molar-refractivity contribution in [1.82, 2.24) is 0 Å². The minimum atomic E-state index is -3.25. The molecule has 0 bridgehead atoms. The van der Waals surface area contributed by atoms with Crippen molar-refractivity contribution in [3.8, 4) is 0 Å². The van der Waals surface area contributed by atoms with Crippen LogP contribution in [0.5, 0.6) is 0 Å². The van der Waals surface area contributed by atoms with Crippen molar-refractivity contribution in [3.05, 3.63) is 35.4 Å². The van der Waals surface area contributed by atoms with E-state index in [2.05, 4.69) is 0 Å². The van der Waals surface area contributed by atoms with Crippen molar-refractivity contribution in [1.29, 1.82) is 0 Å². The van der Waals surface area contributed by atoms with E-state index in [9.17, 15) is 8.42 Å². The van der Waals surface area contributed by atoms with Crippen LogP contribution in [0, 0.1) is 5.41 Å². The molecule has 0 fully saturated rings. The first-order chi connectivity index (χ1) is 7.82. The zero-order valence-corrected chi connectivity index (χ0v) is 11.3. The van der Waals surface area contributed by atoms with Gasteiger partial charge in [0.1, 0.15) is 5.94 Å². The van der Waals surface area contributed by atoms with Crippen molar-refractivity contribution in [2.45, 2.75) is 32.6 Å². The lowest BCUT2D eigenvalue weighted by Gasteiger charge is -2.30. The molecule has 17 heavy (non-hydrogen) atoms. The zero-order valence-electron chi connectivity index (χ0n) is 10.4. The molecule has 94 valence electrons. The van der Waals surface area contributed by atoms with Crippen LogP contribution in [-0.4, -0.2) is 14.4 Å². The fourth-order valence-electron chi connectivity index (χ4n) is 2.46. The first-order valence-electron chi connectivity index (χ1n) is 5.69. The molecule has 1 heterocycles. The lowest BCUT2D eigenvalue weighted by molar-refractivity contribution is 0.164. The Labute approximate surface area is 103 Å². The number of benzene rings is 1. The second kappa shape index (κ2) is 4.10. The summed E-state index contributed by atoms with van der Waals surface area (Å²) in [7, 11) is -3.25. The summed E-state index contributed by atoms with van der Waals surface area (Å²) in [6.45, 7) is 6.24. The molecular weight excluding hydrogens is 236 g/mol. The number of rotatable bonds is 0. The van der Waals surface area contributed by atoms with Gasteiger partial charge in [0.05, 0.1) is 11.9 Å². The number of hydrogen-bond donors (Lipinski definition) is 0. The average molecular weight is 254 g/mol. The highest BCUT2D eigenvalue weighted by atomic mass is 32.2. The van der Waals surface area contributed by atoms with E-state index in [1.807, 2.05) is 45.0 Å². The summed E-state index contributed by atoms with van der Waals surface area (Å²) in [5.41, 5.74) is 1.54. The molecule has 1 aromatic rings. The molecule has 1 atom stereocenters. The van der Waals surface area contributed by atoms with Crippen molar-refractivity contribution in [2.24, 2.45) is 5.41 Å². The monoisotopic (exact) mass is 254 g/mol. The van der Waals surface area contributed by atoms with Crippen LogP contribution in [0.25, 0.3) is 0 Å². The molecule has 0 N–H and O–H groups in total. The maximum atomic E-state index is 12.3. The van der Waals surface area contributed by atoms with Gasteiger partial charge in [-0.25, -0.2) is 8.42 Å². The van der Waals surface area contributed by atoms with Crippen molar-refractivity contribution < 1.29 is 13.2 Å². The molecule has 0 saturated heterocycles. The van der Waals surface area contributed by atoms with Crippen molar-refractivity contribution in [2.75, 3.05) is 5.94 Å². The standard InChI is InChI=1S/C13H18O3S/c1-13(2,3)12-11-7-5-4-6-10(11)8-16-9-17(12,14)15/h4-7,12H,8-9H2,1-3H3. The van der Waals surface area contributed by atoms with E-state index >= 15 is 0 Å². The Hall–Kier alpha value is -0.870. The smallest absolute Gasteiger partial charge is 0.181 e. The van der Waals surface area contributed by atoms with E-state index in [0.717, 1.165) is 11.1 Å². The van der Waals surface area contributed by atoms with Crippen molar-refractivity contribution >= 4 is 9.84 Å². The normalized spacial score (nSPS) is 23.8. The van der Waals surface area contributed by atoms with Crippen LogP contribution >= 0.6 is 0 Å². The molecule has 3 nitrogen and oxygen atoms in total. The summed E-state index contributed by atoms with van der Waals surface area (Å²) >= 11 is 0. The van der Waals surface area contributed by atoms with E-state index in [1.165, 1.54) is 0 Å². The van der Waals surface area contributed by atoms with Gasteiger partial charge >= 0.3 is 0 Å². The highest BCUT2D eigenvalue weighted by Gasteiger charge is 2.40. The fourth-order valence-corrected chi connectivity index (χ4v) is 4.60. The van der Waals surface area contributed by atoms with Gasteiger partial charge in [-0.05, 0) is 16.5 Å². The molecule has 1 aliphatic rings. The van der Waals surface area contributed by atoms with E-state index < -0.39 is 15.1 Å². The quantitative estimate of drug-likeness (QED) is 0.715.